The van der Waals surface area contributed by atoms with Gasteiger partial charge in [-0.1, -0.05) is 36.4 Å². The number of carbonyl (C=O) groups is 1. The van der Waals surface area contributed by atoms with E-state index in [9.17, 15) is 4.79 Å². The monoisotopic (exact) mass is 457 g/mol. The molecule has 0 spiro atoms. The summed E-state index contributed by atoms with van der Waals surface area (Å²) in [7, 11) is 1.68. The van der Waals surface area contributed by atoms with E-state index in [0.717, 1.165) is 35.7 Å². The van der Waals surface area contributed by atoms with Gasteiger partial charge in [0.25, 0.3) is 5.91 Å². The molecule has 3 aromatic rings. The van der Waals surface area contributed by atoms with Crippen LogP contribution in [0.25, 0.3) is 12.2 Å². The summed E-state index contributed by atoms with van der Waals surface area (Å²) >= 11 is 0. The molecule has 0 atom stereocenters. The molecule has 0 saturated carbocycles. The largest absolute Gasteiger partial charge is 0.495 e. The molecule has 0 aliphatic carbocycles. The number of aromatic nitrogens is 1. The number of benzene rings is 2. The summed E-state index contributed by atoms with van der Waals surface area (Å²) in [6, 6.07) is 19.7. The normalized spacial score (nSPS) is 14.3. The zero-order chi connectivity index (χ0) is 24.0. The van der Waals surface area contributed by atoms with Crippen molar-refractivity contribution in [2.75, 3.05) is 38.2 Å². The zero-order valence-electron chi connectivity index (χ0n) is 20.0. The third-order valence-corrected chi connectivity index (χ3v) is 5.94. The van der Waals surface area contributed by atoms with Crippen LogP contribution in [0.4, 0.5) is 5.69 Å². The molecule has 0 unspecified atom stereocenters. The highest BCUT2D eigenvalue weighted by atomic mass is 16.5. The Morgan fingerprint density at radius 1 is 0.882 bits per heavy atom. The van der Waals surface area contributed by atoms with E-state index in [-0.39, 0.29) is 5.91 Å². The summed E-state index contributed by atoms with van der Waals surface area (Å²) in [6.45, 7) is 6.45. The van der Waals surface area contributed by atoms with E-state index in [0.29, 0.717) is 18.8 Å². The summed E-state index contributed by atoms with van der Waals surface area (Å²) < 4.78 is 11.6. The van der Waals surface area contributed by atoms with Crippen molar-refractivity contribution in [3.8, 4) is 11.5 Å². The fourth-order valence-electron chi connectivity index (χ4n) is 4.07. The number of methoxy groups -OCH3 is 1. The molecule has 1 fully saturated rings. The fraction of sp³-hybridized carbons (Fsp3) is 0.286. The summed E-state index contributed by atoms with van der Waals surface area (Å²) in [5.41, 5.74) is 2.25. The molecule has 0 bridgehead atoms. The maximum Gasteiger partial charge on any atom is 0.266 e. The molecule has 34 heavy (non-hydrogen) atoms. The Hall–Kier alpha value is -3.80. The van der Waals surface area contributed by atoms with Crippen molar-refractivity contribution in [1.82, 2.24) is 9.88 Å². The number of piperazine rings is 1. The molecule has 0 N–H and O–H groups in total. The molecule has 1 aliphatic rings. The topological polar surface area (TPSA) is 54.9 Å². The quantitative estimate of drug-likeness (QED) is 0.512. The molecule has 1 amide bonds. The van der Waals surface area contributed by atoms with Crippen molar-refractivity contribution in [2.24, 2.45) is 0 Å². The second-order valence-corrected chi connectivity index (χ2v) is 8.75. The van der Waals surface area contributed by atoms with Crippen LogP contribution in [0.15, 0.2) is 73.1 Å². The van der Waals surface area contributed by atoms with Crippen LogP contribution < -0.4 is 14.4 Å². The van der Waals surface area contributed by atoms with Gasteiger partial charge in [0.2, 0.25) is 0 Å². The molecular weight excluding hydrogens is 426 g/mol. The van der Waals surface area contributed by atoms with Crippen LogP contribution in [0.2, 0.25) is 0 Å². The van der Waals surface area contributed by atoms with Gasteiger partial charge in [0.05, 0.1) is 12.8 Å². The summed E-state index contributed by atoms with van der Waals surface area (Å²) in [4.78, 5) is 21.4. The Morgan fingerprint density at radius 2 is 1.50 bits per heavy atom. The molecule has 2 aromatic carbocycles. The minimum absolute atomic E-state index is 0.00571. The molecule has 2 heterocycles. The molecule has 0 radical (unpaired) electrons. The van der Waals surface area contributed by atoms with Crippen molar-refractivity contribution in [2.45, 2.75) is 19.4 Å². The minimum atomic E-state index is -0.957. The lowest BCUT2D eigenvalue weighted by Crippen LogP contribution is -2.55. The van der Waals surface area contributed by atoms with E-state index >= 15 is 0 Å². The summed E-state index contributed by atoms with van der Waals surface area (Å²) in [5.74, 6) is 1.52. The first-order valence-corrected chi connectivity index (χ1v) is 11.5. The molecule has 6 heteroatoms. The van der Waals surface area contributed by atoms with Crippen LogP contribution in [-0.4, -0.2) is 54.7 Å². The van der Waals surface area contributed by atoms with Gasteiger partial charge in [-0.15, -0.1) is 0 Å². The highest BCUT2D eigenvalue weighted by Crippen LogP contribution is 2.29. The summed E-state index contributed by atoms with van der Waals surface area (Å²) in [5, 5.41) is 0. The van der Waals surface area contributed by atoms with Crippen molar-refractivity contribution in [3.63, 3.8) is 0 Å². The van der Waals surface area contributed by atoms with Gasteiger partial charge in [0, 0.05) is 38.6 Å². The predicted octanol–water partition coefficient (Wildman–Crippen LogP) is 4.77. The van der Waals surface area contributed by atoms with Gasteiger partial charge in [-0.3, -0.25) is 9.78 Å². The molecule has 1 aliphatic heterocycles. The molecule has 1 saturated heterocycles. The maximum atomic E-state index is 13.3. The fourth-order valence-corrected chi connectivity index (χ4v) is 4.07. The third-order valence-electron chi connectivity index (χ3n) is 5.94. The Morgan fingerprint density at radius 3 is 2.15 bits per heavy atom. The lowest BCUT2D eigenvalue weighted by Gasteiger charge is -2.39. The molecule has 4 rings (SSSR count). The smallest absolute Gasteiger partial charge is 0.266 e. The second-order valence-electron chi connectivity index (χ2n) is 8.75. The van der Waals surface area contributed by atoms with Crippen LogP contribution in [0.3, 0.4) is 0 Å². The number of rotatable bonds is 7. The average Bonchev–Trinajstić information content (AvgIpc) is 2.88. The van der Waals surface area contributed by atoms with Crippen molar-refractivity contribution in [1.29, 1.82) is 0 Å². The van der Waals surface area contributed by atoms with E-state index in [1.54, 1.807) is 19.5 Å². The first kappa shape index (κ1) is 23.4. The molecule has 176 valence electrons. The van der Waals surface area contributed by atoms with Crippen molar-refractivity contribution < 1.29 is 14.3 Å². The van der Waals surface area contributed by atoms with Crippen LogP contribution in [0.1, 0.15) is 25.0 Å². The van der Waals surface area contributed by atoms with Gasteiger partial charge >= 0.3 is 0 Å². The number of para-hydroxylation sites is 2. The lowest BCUT2D eigenvalue weighted by molar-refractivity contribution is -0.145. The van der Waals surface area contributed by atoms with E-state index in [1.165, 1.54) is 0 Å². The molecular formula is C28H31N3O3. The number of hydrogen-bond acceptors (Lipinski definition) is 5. The van der Waals surface area contributed by atoms with Gasteiger partial charge in [-0.05, 0) is 61.4 Å². The SMILES string of the molecule is COc1ccccc1N1CCN(C(=O)C(C)(C)Oc2ccc(/C=C/c3ccncc3)cc2)CC1. The first-order valence-electron chi connectivity index (χ1n) is 11.5. The minimum Gasteiger partial charge on any atom is -0.495 e. The van der Waals surface area contributed by atoms with Crippen LogP contribution in [0.5, 0.6) is 11.5 Å². The number of nitrogens with zero attached hydrogens (tertiary/aromatic N) is 3. The first-order chi connectivity index (χ1) is 16.5. The van der Waals surface area contributed by atoms with Crippen molar-refractivity contribution >= 4 is 23.7 Å². The molecule has 1 aromatic heterocycles. The number of carbonyl (C=O) groups excluding carboxylic acids is 1. The van der Waals surface area contributed by atoms with Crippen LogP contribution in [0, 0.1) is 0 Å². The molecule has 6 nitrogen and oxygen atoms in total. The lowest BCUT2D eigenvalue weighted by atomic mass is 10.1. The number of hydrogen-bond donors (Lipinski definition) is 0. The van der Waals surface area contributed by atoms with E-state index in [2.05, 4.69) is 16.0 Å². The Bertz CT molecular complexity index is 1120. The van der Waals surface area contributed by atoms with Gasteiger partial charge in [-0.25, -0.2) is 0 Å². The third kappa shape index (κ3) is 5.57. The number of ether oxygens (including phenoxy) is 2. The van der Waals surface area contributed by atoms with E-state index in [1.807, 2.05) is 85.5 Å². The van der Waals surface area contributed by atoms with Crippen LogP contribution in [-0.2, 0) is 4.79 Å². The van der Waals surface area contributed by atoms with Gasteiger partial charge in [0.15, 0.2) is 5.60 Å². The van der Waals surface area contributed by atoms with Crippen molar-refractivity contribution in [3.05, 3.63) is 84.2 Å². The van der Waals surface area contributed by atoms with Crippen LogP contribution >= 0.6 is 0 Å². The highest BCUT2D eigenvalue weighted by molar-refractivity contribution is 5.85. The van der Waals surface area contributed by atoms with Gasteiger partial charge < -0.3 is 19.3 Å². The number of amides is 1. The Balaban J connectivity index is 1.34. The number of anilines is 1. The van der Waals surface area contributed by atoms with E-state index in [4.69, 9.17) is 9.47 Å². The summed E-state index contributed by atoms with van der Waals surface area (Å²) in [6.07, 6.45) is 7.62. The van der Waals surface area contributed by atoms with Gasteiger partial charge in [0.1, 0.15) is 11.5 Å². The average molecular weight is 458 g/mol. The standard InChI is InChI=1S/C28H31N3O3/c1-28(2,34-24-12-10-22(11-13-24)8-9-23-14-16-29-17-15-23)27(32)31-20-18-30(19-21-31)25-6-4-5-7-26(25)33-3/h4-17H,18-21H2,1-3H3/b9-8+. The van der Waals surface area contributed by atoms with E-state index < -0.39 is 5.60 Å². The maximum absolute atomic E-state index is 13.3. The Kier molecular flexibility index (Phi) is 7.16. The highest BCUT2D eigenvalue weighted by Gasteiger charge is 2.36. The second kappa shape index (κ2) is 10.4. The zero-order valence-corrected chi connectivity index (χ0v) is 20.0. The predicted molar refractivity (Wildman–Crippen MR) is 136 cm³/mol. The van der Waals surface area contributed by atoms with Gasteiger partial charge in [-0.2, -0.15) is 0 Å². The Labute approximate surface area is 201 Å². The number of pyridine rings is 1.